The molecule has 36 heavy (non-hydrogen) atoms. The van der Waals surface area contributed by atoms with Crippen molar-refractivity contribution in [1.29, 1.82) is 0 Å². The first-order valence-corrected chi connectivity index (χ1v) is 12.1. The van der Waals surface area contributed by atoms with Crippen LogP contribution in [0.4, 0.5) is 8.78 Å². The van der Waals surface area contributed by atoms with Gasteiger partial charge in [0.05, 0.1) is 5.56 Å². The van der Waals surface area contributed by atoms with Crippen molar-refractivity contribution in [2.75, 3.05) is 26.2 Å². The molecule has 3 aromatic carbocycles. The van der Waals surface area contributed by atoms with Crippen LogP contribution in [0.3, 0.4) is 0 Å². The predicted octanol–water partition coefficient (Wildman–Crippen LogP) is 5.82. The minimum absolute atomic E-state index is 0. The molecule has 1 heterocycles. The molecule has 0 radical (unpaired) electrons. The zero-order valence-electron chi connectivity index (χ0n) is 20.1. The molecule has 7 heteroatoms. The molecule has 1 unspecified atom stereocenters. The second-order valence-electron chi connectivity index (χ2n) is 9.14. The van der Waals surface area contributed by atoms with Gasteiger partial charge < -0.3 is 14.7 Å². The summed E-state index contributed by atoms with van der Waals surface area (Å²) in [4.78, 5) is 15.0. The Morgan fingerprint density at radius 3 is 2.33 bits per heavy atom. The van der Waals surface area contributed by atoms with E-state index >= 15 is 0 Å². The Morgan fingerprint density at radius 1 is 0.972 bits per heavy atom. The van der Waals surface area contributed by atoms with Crippen LogP contribution in [0.15, 0.2) is 72.8 Å². The Balaban J connectivity index is 0.00000361. The van der Waals surface area contributed by atoms with E-state index in [1.54, 1.807) is 12.1 Å². The van der Waals surface area contributed by atoms with Crippen molar-refractivity contribution in [3.63, 3.8) is 0 Å². The van der Waals surface area contributed by atoms with E-state index in [9.17, 15) is 18.7 Å². The molecule has 0 aromatic heterocycles. The number of β-amino-alcohol motifs (C(OH)–C–C–N with tert-alkyl or cyclic N) is 1. The van der Waals surface area contributed by atoms with Crippen LogP contribution in [-0.4, -0.2) is 48.1 Å². The van der Waals surface area contributed by atoms with Crippen molar-refractivity contribution in [2.24, 2.45) is 0 Å². The first-order chi connectivity index (χ1) is 17.0. The number of aliphatic hydroxyl groups is 1. The van der Waals surface area contributed by atoms with Gasteiger partial charge in [0, 0.05) is 13.0 Å². The van der Waals surface area contributed by atoms with E-state index in [0.717, 1.165) is 31.5 Å². The number of hydrogen-bond acceptors (Lipinski definition) is 4. The summed E-state index contributed by atoms with van der Waals surface area (Å²) in [6.07, 6.45) is 1.92. The lowest BCUT2D eigenvalue weighted by molar-refractivity contribution is 0.0588. The molecule has 3 aromatic rings. The van der Waals surface area contributed by atoms with Crippen molar-refractivity contribution in [3.8, 4) is 5.75 Å². The Bertz CT molecular complexity index is 1100. The highest BCUT2D eigenvalue weighted by molar-refractivity contribution is 5.98. The van der Waals surface area contributed by atoms with Gasteiger partial charge in [0.15, 0.2) is 5.78 Å². The van der Waals surface area contributed by atoms with E-state index in [2.05, 4.69) is 29.2 Å². The lowest BCUT2D eigenvalue weighted by atomic mass is 9.89. The molecular formula is C29H32ClF2NO3. The van der Waals surface area contributed by atoms with Crippen LogP contribution in [0.25, 0.3) is 0 Å². The predicted molar refractivity (Wildman–Crippen MR) is 139 cm³/mol. The normalized spacial score (nSPS) is 15.2. The maximum absolute atomic E-state index is 13.9. The first kappa shape index (κ1) is 27.8. The van der Waals surface area contributed by atoms with Crippen molar-refractivity contribution in [1.82, 2.24) is 4.90 Å². The molecule has 0 spiro atoms. The average molecular weight is 516 g/mol. The molecule has 1 N–H and O–H groups in total. The lowest BCUT2D eigenvalue weighted by Gasteiger charge is -2.33. The number of likely N-dealkylation sites (tertiary alicyclic amines) is 1. The molecule has 4 nitrogen and oxygen atoms in total. The summed E-state index contributed by atoms with van der Waals surface area (Å²) in [5.74, 6) is -0.313. The fourth-order valence-corrected chi connectivity index (χ4v) is 4.60. The number of carbonyl (C=O) groups excluding carboxylic acids is 1. The third-order valence-electron chi connectivity index (χ3n) is 6.55. The van der Waals surface area contributed by atoms with E-state index in [0.29, 0.717) is 18.9 Å². The number of rotatable bonds is 10. The maximum atomic E-state index is 13.9. The van der Waals surface area contributed by atoms with E-state index < -0.39 is 11.9 Å². The zero-order chi connectivity index (χ0) is 24.6. The van der Waals surface area contributed by atoms with Crippen molar-refractivity contribution < 1.29 is 23.4 Å². The lowest BCUT2D eigenvalue weighted by Crippen LogP contribution is -2.40. The Morgan fingerprint density at radius 2 is 1.64 bits per heavy atom. The quantitative estimate of drug-likeness (QED) is 0.346. The molecule has 4 rings (SSSR count). The molecule has 0 aliphatic carbocycles. The highest BCUT2D eigenvalue weighted by atomic mass is 35.5. The van der Waals surface area contributed by atoms with Gasteiger partial charge in [-0.25, -0.2) is 8.78 Å². The molecule has 0 bridgehead atoms. The number of piperidine rings is 1. The number of aliphatic hydroxyl groups excluding tert-OH is 1. The van der Waals surface area contributed by atoms with Gasteiger partial charge in [-0.1, -0.05) is 42.5 Å². The highest BCUT2D eigenvalue weighted by Crippen LogP contribution is 2.28. The first-order valence-electron chi connectivity index (χ1n) is 12.1. The molecule has 1 fully saturated rings. The van der Waals surface area contributed by atoms with Crippen LogP contribution in [0, 0.1) is 11.6 Å². The van der Waals surface area contributed by atoms with Crippen LogP contribution in [0.5, 0.6) is 5.75 Å². The van der Waals surface area contributed by atoms with Gasteiger partial charge in [0.1, 0.15) is 30.1 Å². The van der Waals surface area contributed by atoms with Gasteiger partial charge in [-0.2, -0.15) is 0 Å². The average Bonchev–Trinajstić information content (AvgIpc) is 2.88. The monoisotopic (exact) mass is 515 g/mol. The van der Waals surface area contributed by atoms with E-state index in [1.807, 2.05) is 6.07 Å². The van der Waals surface area contributed by atoms with Crippen molar-refractivity contribution >= 4 is 18.2 Å². The number of carbonyl (C=O) groups is 1. The second-order valence-corrected chi connectivity index (χ2v) is 9.14. The number of hydrogen-bond donors (Lipinski definition) is 1. The fourth-order valence-electron chi connectivity index (χ4n) is 4.60. The van der Waals surface area contributed by atoms with Crippen LogP contribution in [-0.2, 0) is 6.42 Å². The Hall–Kier alpha value is -2.80. The van der Waals surface area contributed by atoms with Gasteiger partial charge in [-0.15, -0.1) is 12.4 Å². The SMILES string of the molecule is Cl.O=C(CCc1ccc(F)cc1)c1cc(F)ccc1OCC(O)CN1CCC(c2ccccc2)CC1. The molecule has 1 aliphatic heterocycles. The van der Waals surface area contributed by atoms with E-state index in [1.165, 1.54) is 35.9 Å². The minimum Gasteiger partial charge on any atom is -0.490 e. The smallest absolute Gasteiger partial charge is 0.167 e. The fraction of sp³-hybridized carbons (Fsp3) is 0.345. The number of ether oxygens (including phenoxy) is 1. The van der Waals surface area contributed by atoms with Crippen molar-refractivity contribution in [2.45, 2.75) is 37.7 Å². The van der Waals surface area contributed by atoms with Crippen LogP contribution >= 0.6 is 12.4 Å². The summed E-state index contributed by atoms with van der Waals surface area (Å²) in [5, 5.41) is 10.5. The molecule has 192 valence electrons. The molecule has 1 aliphatic rings. The third kappa shape index (κ3) is 7.85. The summed E-state index contributed by atoms with van der Waals surface area (Å²) in [7, 11) is 0. The van der Waals surface area contributed by atoms with E-state index in [4.69, 9.17) is 4.74 Å². The van der Waals surface area contributed by atoms with E-state index in [-0.39, 0.29) is 48.3 Å². The summed E-state index contributed by atoms with van der Waals surface area (Å²) in [6.45, 7) is 2.31. The standard InChI is InChI=1S/C29H31F2NO3.ClH/c30-24-9-6-21(7-10-24)8-12-28(34)27-18-25(31)11-13-29(27)35-20-26(33)19-32-16-14-23(15-17-32)22-4-2-1-3-5-22;/h1-7,9-11,13,18,23,26,33H,8,12,14-17,19-20H2;1H. The van der Waals surface area contributed by atoms with Gasteiger partial charge in [-0.3, -0.25) is 4.79 Å². The summed E-state index contributed by atoms with van der Waals surface area (Å²) >= 11 is 0. The number of benzene rings is 3. The maximum Gasteiger partial charge on any atom is 0.167 e. The molecular weight excluding hydrogens is 484 g/mol. The van der Waals surface area contributed by atoms with Gasteiger partial charge in [0.25, 0.3) is 0 Å². The molecule has 0 saturated carbocycles. The van der Waals surface area contributed by atoms with Gasteiger partial charge in [-0.05, 0) is 79.7 Å². The van der Waals surface area contributed by atoms with Crippen molar-refractivity contribution in [3.05, 3.63) is 101 Å². The number of aryl methyl sites for hydroxylation is 1. The second kappa shape index (κ2) is 13.5. The van der Waals surface area contributed by atoms with Gasteiger partial charge >= 0.3 is 0 Å². The Labute approximate surface area is 217 Å². The minimum atomic E-state index is -0.726. The summed E-state index contributed by atoms with van der Waals surface area (Å²) < 4.78 is 32.7. The summed E-state index contributed by atoms with van der Waals surface area (Å²) in [6, 6.07) is 20.3. The Kier molecular flexibility index (Phi) is 10.4. The van der Waals surface area contributed by atoms with Crippen LogP contribution in [0.2, 0.25) is 0 Å². The van der Waals surface area contributed by atoms with Crippen LogP contribution < -0.4 is 4.74 Å². The number of Topliss-reactive ketones (excluding diaryl/α,β-unsaturated/α-hetero) is 1. The molecule has 1 saturated heterocycles. The van der Waals surface area contributed by atoms with Crippen LogP contribution in [0.1, 0.15) is 46.7 Å². The largest absolute Gasteiger partial charge is 0.490 e. The summed E-state index contributed by atoms with van der Waals surface area (Å²) in [5.41, 5.74) is 2.34. The van der Waals surface area contributed by atoms with Gasteiger partial charge in [0.2, 0.25) is 0 Å². The highest BCUT2D eigenvalue weighted by Gasteiger charge is 2.23. The number of nitrogens with zero attached hydrogens (tertiary/aromatic N) is 1. The topological polar surface area (TPSA) is 49.8 Å². The third-order valence-corrected chi connectivity index (χ3v) is 6.55. The number of halogens is 3. The number of ketones is 1. The molecule has 0 amide bonds. The zero-order valence-corrected chi connectivity index (χ0v) is 20.9. The molecule has 1 atom stereocenters.